The van der Waals surface area contributed by atoms with Crippen LogP contribution in [0.3, 0.4) is 0 Å². The van der Waals surface area contributed by atoms with Crippen LogP contribution in [0.25, 0.3) is 0 Å². The van der Waals surface area contributed by atoms with E-state index in [1.54, 1.807) is 6.92 Å². The van der Waals surface area contributed by atoms with Crippen molar-refractivity contribution in [3.8, 4) is 11.8 Å². The Morgan fingerprint density at radius 1 is 1.75 bits per heavy atom. The molecule has 0 amide bonds. The van der Waals surface area contributed by atoms with Gasteiger partial charge < -0.3 is 4.43 Å². The third-order valence-corrected chi connectivity index (χ3v) is 1.05. The average molecular weight is 128 g/mol. The maximum atomic E-state index is 10.3. The van der Waals surface area contributed by atoms with Crippen molar-refractivity contribution in [2.24, 2.45) is 0 Å². The molecule has 3 heteroatoms. The first kappa shape index (κ1) is 7.25. The predicted molar refractivity (Wildman–Crippen MR) is 33.9 cm³/mol. The molecule has 8 heavy (non-hydrogen) atoms. The van der Waals surface area contributed by atoms with Gasteiger partial charge in [-0.25, -0.2) is 4.79 Å². The highest BCUT2D eigenvalue weighted by molar-refractivity contribution is 6.29. The van der Waals surface area contributed by atoms with Crippen molar-refractivity contribution in [3.63, 3.8) is 0 Å². The number of carbonyl (C=O) groups excluding carboxylic acids is 1. The SMILES string of the molecule is CC#CC(=O)O[SiH2]C. The van der Waals surface area contributed by atoms with Gasteiger partial charge in [-0.05, 0) is 13.5 Å². The Morgan fingerprint density at radius 3 is 2.75 bits per heavy atom. The Labute approximate surface area is 51.2 Å². The van der Waals surface area contributed by atoms with Crippen LogP contribution in [0.4, 0.5) is 0 Å². The summed E-state index contributed by atoms with van der Waals surface area (Å²) >= 11 is 0. The molecule has 44 valence electrons. The molecule has 0 radical (unpaired) electrons. The van der Waals surface area contributed by atoms with Gasteiger partial charge in [-0.15, -0.1) is 0 Å². The zero-order valence-electron chi connectivity index (χ0n) is 5.02. The topological polar surface area (TPSA) is 26.3 Å². The van der Waals surface area contributed by atoms with Crippen molar-refractivity contribution in [2.45, 2.75) is 13.5 Å². The van der Waals surface area contributed by atoms with E-state index in [2.05, 4.69) is 16.3 Å². The molecule has 0 aliphatic carbocycles. The van der Waals surface area contributed by atoms with Gasteiger partial charge in [-0.1, -0.05) is 5.92 Å². The van der Waals surface area contributed by atoms with Crippen molar-refractivity contribution in [3.05, 3.63) is 0 Å². The summed E-state index contributed by atoms with van der Waals surface area (Å²) in [5.41, 5.74) is 0. The summed E-state index contributed by atoms with van der Waals surface area (Å²) < 4.78 is 4.61. The summed E-state index contributed by atoms with van der Waals surface area (Å²) in [6, 6.07) is 0. The molecule has 0 saturated heterocycles. The molecule has 0 aromatic heterocycles. The average Bonchev–Trinajstić information content (AvgIpc) is 1.68. The Morgan fingerprint density at radius 2 is 2.38 bits per heavy atom. The number of carbonyl (C=O) groups is 1. The lowest BCUT2D eigenvalue weighted by Crippen LogP contribution is -2.01. The molecule has 0 saturated carbocycles. The molecule has 0 heterocycles. The van der Waals surface area contributed by atoms with Crippen LogP contribution >= 0.6 is 0 Å². The van der Waals surface area contributed by atoms with Gasteiger partial charge in [-0.2, -0.15) is 0 Å². The van der Waals surface area contributed by atoms with Crippen molar-refractivity contribution < 1.29 is 9.22 Å². The van der Waals surface area contributed by atoms with E-state index in [0.717, 1.165) is 0 Å². The maximum Gasteiger partial charge on any atom is 0.370 e. The Bertz CT molecular complexity index is 131. The normalized spacial score (nSPS) is 8.25. The molecule has 0 unspecified atom stereocenters. The number of rotatable bonds is 1. The van der Waals surface area contributed by atoms with Crippen LogP contribution in [0, 0.1) is 11.8 Å². The van der Waals surface area contributed by atoms with Crippen LogP contribution in [0.2, 0.25) is 6.55 Å². The van der Waals surface area contributed by atoms with Crippen LogP contribution in [0.1, 0.15) is 6.92 Å². The zero-order valence-corrected chi connectivity index (χ0v) is 6.44. The lowest BCUT2D eigenvalue weighted by atomic mass is 10.6. The van der Waals surface area contributed by atoms with Crippen molar-refractivity contribution in [1.29, 1.82) is 0 Å². The first-order valence-electron chi connectivity index (χ1n) is 2.40. The summed E-state index contributed by atoms with van der Waals surface area (Å²) in [5.74, 6) is 4.33. The lowest BCUT2D eigenvalue weighted by Gasteiger charge is -1.89. The van der Waals surface area contributed by atoms with Crippen LogP contribution in [-0.2, 0) is 9.22 Å². The van der Waals surface area contributed by atoms with E-state index in [1.807, 2.05) is 6.55 Å². The van der Waals surface area contributed by atoms with E-state index < -0.39 is 9.76 Å². The van der Waals surface area contributed by atoms with Crippen LogP contribution < -0.4 is 0 Å². The molecule has 0 atom stereocenters. The summed E-state index contributed by atoms with van der Waals surface area (Å²) in [6.07, 6.45) is 0. The van der Waals surface area contributed by atoms with E-state index >= 15 is 0 Å². The third-order valence-electron chi connectivity index (χ3n) is 0.502. The molecule has 0 fully saturated rings. The molecule has 0 aromatic carbocycles. The standard InChI is InChI=1S/C5H8O2Si/c1-3-4-5(6)7-8-2/h8H2,1-2H3. The van der Waals surface area contributed by atoms with Crippen molar-refractivity contribution in [1.82, 2.24) is 0 Å². The highest BCUT2D eigenvalue weighted by Crippen LogP contribution is 1.69. The van der Waals surface area contributed by atoms with Crippen molar-refractivity contribution >= 4 is 15.7 Å². The maximum absolute atomic E-state index is 10.3. The third kappa shape index (κ3) is 3.44. The molecule has 0 aliphatic heterocycles. The number of hydrogen-bond donors (Lipinski definition) is 0. The minimum atomic E-state index is -0.606. The van der Waals surface area contributed by atoms with E-state index in [0.29, 0.717) is 0 Å². The van der Waals surface area contributed by atoms with Gasteiger partial charge in [-0.3, -0.25) is 0 Å². The Balaban J connectivity index is 3.44. The van der Waals surface area contributed by atoms with Crippen molar-refractivity contribution in [2.75, 3.05) is 0 Å². The van der Waals surface area contributed by atoms with Gasteiger partial charge >= 0.3 is 5.97 Å². The van der Waals surface area contributed by atoms with Gasteiger partial charge in [0.25, 0.3) is 0 Å². The van der Waals surface area contributed by atoms with Gasteiger partial charge in [0.15, 0.2) is 0 Å². The minimum Gasteiger partial charge on any atom is -0.516 e. The zero-order chi connectivity index (χ0) is 6.41. The summed E-state index contributed by atoms with van der Waals surface area (Å²) in [6.45, 7) is 3.49. The van der Waals surface area contributed by atoms with Gasteiger partial charge in [0.1, 0.15) is 0 Å². The first-order valence-corrected chi connectivity index (χ1v) is 4.40. The van der Waals surface area contributed by atoms with E-state index in [-0.39, 0.29) is 5.97 Å². The van der Waals surface area contributed by atoms with E-state index in [1.165, 1.54) is 0 Å². The molecule has 0 spiro atoms. The van der Waals surface area contributed by atoms with Crippen LogP contribution in [-0.4, -0.2) is 15.7 Å². The summed E-state index contributed by atoms with van der Waals surface area (Å²) in [4.78, 5) is 10.3. The van der Waals surface area contributed by atoms with Gasteiger partial charge in [0, 0.05) is 5.92 Å². The highest BCUT2D eigenvalue weighted by atomic mass is 28.2. The monoisotopic (exact) mass is 128 g/mol. The second-order valence-electron chi connectivity index (χ2n) is 1.10. The molecule has 0 aliphatic rings. The molecule has 2 nitrogen and oxygen atoms in total. The Kier molecular flexibility index (Phi) is 3.99. The fraction of sp³-hybridized carbons (Fsp3) is 0.400. The molecule has 0 rings (SSSR count). The van der Waals surface area contributed by atoms with E-state index in [4.69, 9.17) is 0 Å². The fourth-order valence-corrected chi connectivity index (χ4v) is 0.604. The summed E-state index contributed by atoms with van der Waals surface area (Å²) in [5, 5.41) is 0. The quantitative estimate of drug-likeness (QED) is 0.357. The second kappa shape index (κ2) is 4.41. The molecule has 0 N–H and O–H groups in total. The molecular weight excluding hydrogens is 120 g/mol. The fourth-order valence-electron chi connectivity index (χ4n) is 0.269. The van der Waals surface area contributed by atoms with Crippen LogP contribution in [0.15, 0.2) is 0 Å². The van der Waals surface area contributed by atoms with Gasteiger partial charge in [0.2, 0.25) is 9.76 Å². The molecule has 0 bridgehead atoms. The lowest BCUT2D eigenvalue weighted by molar-refractivity contribution is -0.127. The minimum absolute atomic E-state index is 0.387. The summed E-state index contributed by atoms with van der Waals surface area (Å²) in [7, 11) is -0.606. The molecule has 0 aromatic rings. The smallest absolute Gasteiger partial charge is 0.370 e. The predicted octanol–water partition coefficient (Wildman–Crippen LogP) is -0.315. The van der Waals surface area contributed by atoms with E-state index in [9.17, 15) is 4.79 Å². The highest BCUT2D eigenvalue weighted by Gasteiger charge is 1.88. The number of hydrogen-bond acceptors (Lipinski definition) is 2. The second-order valence-corrected chi connectivity index (χ2v) is 1.96. The van der Waals surface area contributed by atoms with Gasteiger partial charge in [0.05, 0.1) is 0 Å². The first-order chi connectivity index (χ1) is 3.81. The molecular formula is C5H8O2Si. The Hall–Kier alpha value is -0.753. The largest absolute Gasteiger partial charge is 0.516 e. The van der Waals surface area contributed by atoms with Crippen LogP contribution in [0.5, 0.6) is 0 Å².